The number of benzene rings is 1. The summed E-state index contributed by atoms with van der Waals surface area (Å²) in [6.07, 6.45) is 7.79. The molecule has 1 N–H and O–H groups in total. The van der Waals surface area contributed by atoms with Crippen LogP contribution in [0.4, 0.5) is 0 Å². The molecule has 0 saturated carbocycles. The molecule has 2 aromatic heterocycles. The Morgan fingerprint density at radius 3 is 2.83 bits per heavy atom. The molecule has 0 aliphatic carbocycles. The molecule has 3 heterocycles. The molecule has 30 heavy (non-hydrogen) atoms. The number of ether oxygens (including phenoxy) is 1. The largest absolute Gasteiger partial charge is 0.487 e. The minimum Gasteiger partial charge on any atom is -0.487 e. The second-order valence-corrected chi connectivity index (χ2v) is 8.10. The van der Waals surface area contributed by atoms with Gasteiger partial charge in [-0.15, -0.1) is 0 Å². The number of nitrogens with one attached hydrogen (secondary N) is 1. The normalized spacial score (nSPS) is 17.2. The second kappa shape index (κ2) is 9.30. The quantitative estimate of drug-likeness (QED) is 0.648. The maximum atomic E-state index is 12.4. The number of carbonyl (C=O) groups excluding carboxylic acids is 1. The van der Waals surface area contributed by atoms with E-state index in [0.717, 1.165) is 35.7 Å². The van der Waals surface area contributed by atoms with Gasteiger partial charge < -0.3 is 14.5 Å². The number of hydrogen-bond donors (Lipinski definition) is 1. The lowest BCUT2D eigenvalue weighted by atomic mass is 10.0. The van der Waals surface area contributed by atoms with Crippen molar-refractivity contribution < 1.29 is 9.53 Å². The highest BCUT2D eigenvalue weighted by atomic mass is 16.5. The van der Waals surface area contributed by atoms with E-state index in [1.54, 1.807) is 0 Å². The smallest absolute Gasteiger partial charge is 0.251 e. The van der Waals surface area contributed by atoms with Crippen molar-refractivity contribution in [3.05, 3.63) is 65.6 Å². The highest BCUT2D eigenvalue weighted by molar-refractivity contribution is 5.94. The van der Waals surface area contributed by atoms with Crippen LogP contribution in [-0.4, -0.2) is 45.9 Å². The van der Waals surface area contributed by atoms with Crippen molar-refractivity contribution in [3.8, 4) is 5.75 Å². The van der Waals surface area contributed by atoms with Gasteiger partial charge in [0.1, 0.15) is 18.0 Å². The van der Waals surface area contributed by atoms with Crippen molar-refractivity contribution >= 4 is 11.6 Å². The average Bonchev–Trinajstić information content (AvgIpc) is 3.18. The number of aryl methyl sites for hydroxylation is 1. The highest BCUT2D eigenvalue weighted by Crippen LogP contribution is 2.17. The molecule has 1 aliphatic heterocycles. The van der Waals surface area contributed by atoms with Crippen LogP contribution in [0.3, 0.4) is 0 Å². The van der Waals surface area contributed by atoms with Gasteiger partial charge in [-0.3, -0.25) is 9.69 Å². The molecule has 0 radical (unpaired) electrons. The summed E-state index contributed by atoms with van der Waals surface area (Å²) in [6.45, 7) is 7.42. The summed E-state index contributed by atoms with van der Waals surface area (Å²) in [7, 11) is 0. The van der Waals surface area contributed by atoms with Gasteiger partial charge in [-0.05, 0) is 69.1 Å². The Morgan fingerprint density at radius 2 is 2.07 bits per heavy atom. The molecule has 6 heteroatoms. The Morgan fingerprint density at radius 1 is 1.23 bits per heavy atom. The number of carbonyl (C=O) groups is 1. The van der Waals surface area contributed by atoms with Crippen LogP contribution in [0.1, 0.15) is 47.8 Å². The molecule has 1 amide bonds. The predicted octanol–water partition coefficient (Wildman–Crippen LogP) is 3.83. The fourth-order valence-corrected chi connectivity index (χ4v) is 4.04. The molecule has 1 saturated heterocycles. The van der Waals surface area contributed by atoms with Crippen LogP contribution in [-0.2, 0) is 6.61 Å². The van der Waals surface area contributed by atoms with E-state index in [2.05, 4.69) is 22.1 Å². The van der Waals surface area contributed by atoms with Crippen LogP contribution in [0.25, 0.3) is 5.65 Å². The third kappa shape index (κ3) is 4.82. The molecule has 6 nitrogen and oxygen atoms in total. The summed E-state index contributed by atoms with van der Waals surface area (Å²) >= 11 is 0. The summed E-state index contributed by atoms with van der Waals surface area (Å²) in [6, 6.07) is 12.0. The summed E-state index contributed by atoms with van der Waals surface area (Å²) in [5, 5.41) is 3.03. The molecule has 0 spiro atoms. The Labute approximate surface area is 177 Å². The van der Waals surface area contributed by atoms with Crippen LogP contribution in [0, 0.1) is 6.92 Å². The highest BCUT2D eigenvalue weighted by Gasteiger charge is 2.17. The Hall–Kier alpha value is -2.86. The van der Waals surface area contributed by atoms with Crippen LogP contribution in [0.15, 0.2) is 48.8 Å². The number of imidazole rings is 1. The van der Waals surface area contributed by atoms with Gasteiger partial charge in [0.25, 0.3) is 5.91 Å². The molecular weight excluding hydrogens is 376 g/mol. The van der Waals surface area contributed by atoms with Crippen molar-refractivity contribution in [3.63, 3.8) is 0 Å². The molecule has 1 atom stereocenters. The minimum atomic E-state index is -0.0398. The number of piperidine rings is 1. The van der Waals surface area contributed by atoms with Crippen LogP contribution >= 0.6 is 0 Å². The zero-order valence-electron chi connectivity index (χ0n) is 17.8. The number of likely N-dealkylation sites (tertiary alicyclic amines) is 1. The minimum absolute atomic E-state index is 0.0398. The summed E-state index contributed by atoms with van der Waals surface area (Å²) in [4.78, 5) is 19.5. The van der Waals surface area contributed by atoms with E-state index in [9.17, 15) is 4.79 Å². The fourth-order valence-electron chi connectivity index (χ4n) is 4.04. The number of rotatable bonds is 7. The molecular formula is C24H30N4O2. The molecule has 3 aromatic rings. The molecule has 158 valence electrons. The number of amides is 1. The SMILES string of the molecule is Cc1cccn2cc(COc3ccc(C(=O)NCCN4CCCCC4C)cc3)nc12. The summed E-state index contributed by atoms with van der Waals surface area (Å²) in [5.74, 6) is 0.685. The van der Waals surface area contributed by atoms with Gasteiger partial charge in [0, 0.05) is 37.1 Å². The van der Waals surface area contributed by atoms with Crippen molar-refractivity contribution in [2.45, 2.75) is 45.8 Å². The molecule has 1 unspecified atom stereocenters. The lowest BCUT2D eigenvalue weighted by Crippen LogP contribution is -2.42. The van der Waals surface area contributed by atoms with Crippen molar-refractivity contribution in [2.24, 2.45) is 0 Å². The van der Waals surface area contributed by atoms with E-state index in [1.807, 2.05) is 60.1 Å². The number of hydrogen-bond acceptors (Lipinski definition) is 4. The zero-order chi connectivity index (χ0) is 20.9. The Bertz CT molecular complexity index is 996. The maximum Gasteiger partial charge on any atom is 0.251 e. The van der Waals surface area contributed by atoms with Crippen molar-refractivity contribution in [2.75, 3.05) is 19.6 Å². The molecule has 0 bridgehead atoms. The predicted molar refractivity (Wildman–Crippen MR) is 118 cm³/mol. The molecule has 1 aromatic carbocycles. The first-order valence-corrected chi connectivity index (χ1v) is 10.8. The second-order valence-electron chi connectivity index (χ2n) is 8.10. The van der Waals surface area contributed by atoms with Crippen molar-refractivity contribution in [1.82, 2.24) is 19.6 Å². The van der Waals surface area contributed by atoms with Gasteiger partial charge >= 0.3 is 0 Å². The Kier molecular flexibility index (Phi) is 6.33. The average molecular weight is 407 g/mol. The van der Waals surface area contributed by atoms with E-state index >= 15 is 0 Å². The standard InChI is InChI=1S/C24H30N4O2/c1-18-6-5-14-28-16-21(26-23(18)28)17-30-22-10-8-20(9-11-22)24(29)25-12-15-27-13-4-3-7-19(27)2/h5-6,8-11,14,16,19H,3-4,7,12-13,15,17H2,1-2H3,(H,25,29). The number of fused-ring (bicyclic) bond motifs is 1. The molecule has 4 rings (SSSR count). The fraction of sp³-hybridized carbons (Fsp3) is 0.417. The lowest BCUT2D eigenvalue weighted by molar-refractivity contribution is 0.0938. The van der Waals surface area contributed by atoms with Crippen LogP contribution < -0.4 is 10.1 Å². The van der Waals surface area contributed by atoms with E-state index in [0.29, 0.717) is 24.8 Å². The van der Waals surface area contributed by atoms with E-state index < -0.39 is 0 Å². The Balaban J connectivity index is 1.26. The van der Waals surface area contributed by atoms with Gasteiger partial charge in [0.05, 0.1) is 5.69 Å². The monoisotopic (exact) mass is 406 g/mol. The van der Waals surface area contributed by atoms with Crippen LogP contribution in [0.5, 0.6) is 5.75 Å². The molecule has 1 aliphatic rings. The van der Waals surface area contributed by atoms with E-state index in [1.165, 1.54) is 19.3 Å². The number of nitrogens with zero attached hydrogens (tertiary/aromatic N) is 3. The van der Waals surface area contributed by atoms with Gasteiger partial charge in [-0.25, -0.2) is 4.98 Å². The van der Waals surface area contributed by atoms with Crippen LogP contribution in [0.2, 0.25) is 0 Å². The maximum absolute atomic E-state index is 12.4. The molecule has 1 fully saturated rings. The number of pyridine rings is 1. The summed E-state index contributed by atoms with van der Waals surface area (Å²) < 4.78 is 7.86. The lowest BCUT2D eigenvalue weighted by Gasteiger charge is -2.33. The topological polar surface area (TPSA) is 58.9 Å². The first kappa shape index (κ1) is 20.4. The number of aromatic nitrogens is 2. The van der Waals surface area contributed by atoms with Gasteiger partial charge in [0.2, 0.25) is 0 Å². The first-order valence-electron chi connectivity index (χ1n) is 10.8. The summed E-state index contributed by atoms with van der Waals surface area (Å²) in [5.41, 5.74) is 3.60. The third-order valence-electron chi connectivity index (χ3n) is 5.86. The van der Waals surface area contributed by atoms with Crippen molar-refractivity contribution in [1.29, 1.82) is 0 Å². The first-order chi connectivity index (χ1) is 14.6. The van der Waals surface area contributed by atoms with Gasteiger partial charge in [-0.2, -0.15) is 0 Å². The van der Waals surface area contributed by atoms with Gasteiger partial charge in [-0.1, -0.05) is 12.5 Å². The van der Waals surface area contributed by atoms with E-state index in [-0.39, 0.29) is 5.91 Å². The van der Waals surface area contributed by atoms with Gasteiger partial charge in [0.15, 0.2) is 0 Å². The zero-order valence-corrected chi connectivity index (χ0v) is 17.8. The third-order valence-corrected chi connectivity index (χ3v) is 5.86. The van der Waals surface area contributed by atoms with E-state index in [4.69, 9.17) is 4.74 Å².